The van der Waals surface area contributed by atoms with Crippen molar-refractivity contribution in [3.8, 4) is 0 Å². The summed E-state index contributed by atoms with van der Waals surface area (Å²) in [7, 11) is 0. The summed E-state index contributed by atoms with van der Waals surface area (Å²) in [6.45, 7) is 0.406. The van der Waals surface area contributed by atoms with Crippen molar-refractivity contribution in [2.24, 2.45) is 0 Å². The maximum atomic E-state index is 12.1. The van der Waals surface area contributed by atoms with E-state index < -0.39 is 0 Å². The second-order valence-corrected chi connectivity index (χ2v) is 8.21. The van der Waals surface area contributed by atoms with Gasteiger partial charge >= 0.3 is 6.03 Å². The number of aromatic nitrogens is 1. The molecule has 0 saturated heterocycles. The lowest BCUT2D eigenvalue weighted by molar-refractivity contribution is -0.121. The van der Waals surface area contributed by atoms with Gasteiger partial charge in [0.2, 0.25) is 5.91 Å². The highest BCUT2D eigenvalue weighted by Crippen LogP contribution is 2.19. The Labute approximate surface area is 174 Å². The molecule has 1 heterocycles. The van der Waals surface area contributed by atoms with Gasteiger partial charge in [0.05, 0.1) is 5.69 Å². The molecular weight excluding hydrogens is 396 g/mol. The van der Waals surface area contributed by atoms with E-state index in [0.717, 1.165) is 24.1 Å². The van der Waals surface area contributed by atoms with E-state index >= 15 is 0 Å². The first-order chi connectivity index (χ1) is 13.6. The topological polar surface area (TPSA) is 83.1 Å². The van der Waals surface area contributed by atoms with Crippen molar-refractivity contribution in [2.75, 3.05) is 5.32 Å². The molecule has 3 amide bonds. The first kappa shape index (κ1) is 20.6. The monoisotopic (exact) mass is 420 g/mol. The number of hydrogen-bond donors (Lipinski definition) is 3. The van der Waals surface area contributed by atoms with Crippen molar-refractivity contribution in [2.45, 2.75) is 57.5 Å². The second-order valence-electron chi connectivity index (χ2n) is 6.95. The SMILES string of the molecule is O=C(CCc1csc(NC(=O)NC2CCCCC2)n1)NCc1ccccc1Cl. The Balaban J connectivity index is 1.38. The van der Waals surface area contributed by atoms with E-state index in [2.05, 4.69) is 20.9 Å². The Hall–Kier alpha value is -2.12. The summed E-state index contributed by atoms with van der Waals surface area (Å²) in [6.07, 6.45) is 6.54. The van der Waals surface area contributed by atoms with E-state index in [0.29, 0.717) is 29.5 Å². The van der Waals surface area contributed by atoms with Crippen LogP contribution in [0.5, 0.6) is 0 Å². The number of amides is 3. The molecule has 0 aliphatic heterocycles. The molecule has 1 aromatic carbocycles. The number of urea groups is 1. The van der Waals surface area contributed by atoms with Gasteiger partial charge in [-0.3, -0.25) is 10.1 Å². The summed E-state index contributed by atoms with van der Waals surface area (Å²) >= 11 is 7.46. The quantitative estimate of drug-likeness (QED) is 0.616. The second kappa shape index (κ2) is 10.4. The first-order valence-electron chi connectivity index (χ1n) is 9.62. The van der Waals surface area contributed by atoms with E-state index in [1.807, 2.05) is 23.6 Å². The Kier molecular flexibility index (Phi) is 7.68. The fourth-order valence-electron chi connectivity index (χ4n) is 3.21. The van der Waals surface area contributed by atoms with Crippen LogP contribution in [0.2, 0.25) is 5.02 Å². The number of carbonyl (C=O) groups excluding carboxylic acids is 2. The van der Waals surface area contributed by atoms with E-state index in [1.165, 1.54) is 30.6 Å². The van der Waals surface area contributed by atoms with Gasteiger partial charge in [-0.25, -0.2) is 9.78 Å². The van der Waals surface area contributed by atoms with E-state index in [-0.39, 0.29) is 18.0 Å². The molecule has 0 atom stereocenters. The highest BCUT2D eigenvalue weighted by atomic mass is 35.5. The van der Waals surface area contributed by atoms with Gasteiger partial charge in [0, 0.05) is 29.4 Å². The summed E-state index contributed by atoms with van der Waals surface area (Å²) in [5, 5.41) is 11.7. The van der Waals surface area contributed by atoms with Crippen LogP contribution in [0.1, 0.15) is 49.8 Å². The van der Waals surface area contributed by atoms with Crippen molar-refractivity contribution in [3.63, 3.8) is 0 Å². The van der Waals surface area contributed by atoms with Crippen molar-refractivity contribution < 1.29 is 9.59 Å². The molecule has 1 aliphatic rings. The number of halogens is 1. The molecule has 1 aromatic heterocycles. The summed E-state index contributed by atoms with van der Waals surface area (Å²) in [6, 6.07) is 7.50. The number of nitrogens with one attached hydrogen (secondary N) is 3. The zero-order valence-corrected chi connectivity index (χ0v) is 17.2. The van der Waals surface area contributed by atoms with Gasteiger partial charge in [0.15, 0.2) is 5.13 Å². The fourth-order valence-corrected chi connectivity index (χ4v) is 4.15. The Morgan fingerprint density at radius 1 is 1.18 bits per heavy atom. The van der Waals surface area contributed by atoms with Gasteiger partial charge in [-0.1, -0.05) is 49.1 Å². The number of anilines is 1. The van der Waals surface area contributed by atoms with Gasteiger partial charge in [-0.2, -0.15) is 0 Å². The van der Waals surface area contributed by atoms with Crippen LogP contribution in [0.3, 0.4) is 0 Å². The largest absolute Gasteiger partial charge is 0.352 e. The molecule has 0 spiro atoms. The molecule has 150 valence electrons. The van der Waals surface area contributed by atoms with Gasteiger partial charge in [-0.15, -0.1) is 11.3 Å². The highest BCUT2D eigenvalue weighted by molar-refractivity contribution is 7.13. The maximum Gasteiger partial charge on any atom is 0.321 e. The average Bonchev–Trinajstić information content (AvgIpc) is 3.13. The van der Waals surface area contributed by atoms with Crippen LogP contribution in [0, 0.1) is 0 Å². The molecule has 6 nitrogen and oxygen atoms in total. The number of carbonyl (C=O) groups is 2. The van der Waals surface area contributed by atoms with Crippen LogP contribution in [-0.2, 0) is 17.8 Å². The average molecular weight is 421 g/mol. The number of thiazole rings is 1. The molecular formula is C20H25ClN4O2S. The lowest BCUT2D eigenvalue weighted by Crippen LogP contribution is -2.39. The number of benzene rings is 1. The van der Waals surface area contributed by atoms with Gasteiger partial charge in [0.1, 0.15) is 0 Å². The summed E-state index contributed by atoms with van der Waals surface area (Å²) in [5.74, 6) is -0.0579. The maximum absolute atomic E-state index is 12.1. The van der Waals surface area contributed by atoms with Crippen molar-refractivity contribution in [1.82, 2.24) is 15.6 Å². The highest BCUT2D eigenvalue weighted by Gasteiger charge is 2.16. The fraction of sp³-hybridized carbons (Fsp3) is 0.450. The van der Waals surface area contributed by atoms with Crippen molar-refractivity contribution >= 4 is 40.0 Å². The van der Waals surface area contributed by atoms with E-state index in [1.54, 1.807) is 6.07 Å². The van der Waals surface area contributed by atoms with Crippen LogP contribution < -0.4 is 16.0 Å². The first-order valence-corrected chi connectivity index (χ1v) is 10.9. The molecule has 1 fully saturated rings. The van der Waals surface area contributed by atoms with Gasteiger partial charge in [0.25, 0.3) is 0 Å². The molecule has 1 aliphatic carbocycles. The normalized spacial score (nSPS) is 14.5. The third kappa shape index (κ3) is 6.49. The molecule has 2 aromatic rings. The lowest BCUT2D eigenvalue weighted by Gasteiger charge is -2.22. The Bertz CT molecular complexity index is 805. The van der Waals surface area contributed by atoms with Crippen LogP contribution in [0.25, 0.3) is 0 Å². The van der Waals surface area contributed by atoms with Crippen molar-refractivity contribution in [3.05, 3.63) is 45.9 Å². The number of rotatable bonds is 7. The minimum Gasteiger partial charge on any atom is -0.352 e. The molecule has 3 rings (SSSR count). The summed E-state index contributed by atoms with van der Waals surface area (Å²) in [4.78, 5) is 28.5. The molecule has 1 saturated carbocycles. The van der Waals surface area contributed by atoms with Gasteiger partial charge in [-0.05, 0) is 30.9 Å². The smallest absolute Gasteiger partial charge is 0.321 e. The zero-order valence-electron chi connectivity index (χ0n) is 15.7. The molecule has 8 heteroatoms. The van der Waals surface area contributed by atoms with Crippen LogP contribution in [0.15, 0.2) is 29.6 Å². The number of nitrogens with zero attached hydrogens (tertiary/aromatic N) is 1. The molecule has 0 unspecified atom stereocenters. The third-order valence-corrected chi connectivity index (χ3v) is 5.93. The molecule has 0 bridgehead atoms. The number of aryl methyl sites for hydroxylation is 1. The van der Waals surface area contributed by atoms with Crippen LogP contribution in [0.4, 0.5) is 9.93 Å². The van der Waals surface area contributed by atoms with Crippen LogP contribution >= 0.6 is 22.9 Å². The van der Waals surface area contributed by atoms with E-state index in [9.17, 15) is 9.59 Å². The van der Waals surface area contributed by atoms with Crippen LogP contribution in [-0.4, -0.2) is 23.0 Å². The lowest BCUT2D eigenvalue weighted by atomic mass is 9.96. The predicted octanol–water partition coefficient (Wildman–Crippen LogP) is 4.50. The minimum absolute atomic E-state index is 0.0579. The Morgan fingerprint density at radius 3 is 2.75 bits per heavy atom. The minimum atomic E-state index is -0.203. The van der Waals surface area contributed by atoms with Crippen molar-refractivity contribution in [1.29, 1.82) is 0 Å². The molecule has 0 radical (unpaired) electrons. The standard InChI is InChI=1S/C20H25ClN4O2S/c21-17-9-5-4-6-14(17)12-22-18(26)11-10-16-13-28-20(24-16)25-19(27)23-15-7-2-1-3-8-15/h4-6,9,13,15H,1-3,7-8,10-12H2,(H,22,26)(H2,23,24,25,27). The number of hydrogen-bond acceptors (Lipinski definition) is 4. The Morgan fingerprint density at radius 2 is 1.96 bits per heavy atom. The zero-order chi connectivity index (χ0) is 19.8. The van der Waals surface area contributed by atoms with E-state index in [4.69, 9.17) is 11.6 Å². The summed E-state index contributed by atoms with van der Waals surface area (Å²) in [5.41, 5.74) is 1.69. The predicted molar refractivity (Wildman–Crippen MR) is 113 cm³/mol. The summed E-state index contributed by atoms with van der Waals surface area (Å²) < 4.78 is 0. The molecule has 3 N–H and O–H groups in total. The third-order valence-electron chi connectivity index (χ3n) is 4.75. The van der Waals surface area contributed by atoms with Gasteiger partial charge < -0.3 is 10.6 Å². The molecule has 28 heavy (non-hydrogen) atoms.